The van der Waals surface area contributed by atoms with Gasteiger partial charge in [-0.05, 0) is 31.9 Å². The topological polar surface area (TPSA) is 63.2 Å². The first-order valence-electron chi connectivity index (χ1n) is 7.31. The summed E-state index contributed by atoms with van der Waals surface area (Å²) in [5.74, 6) is -1.09. The maximum absolute atomic E-state index is 13.6. The summed E-state index contributed by atoms with van der Waals surface area (Å²) >= 11 is 1.31. The van der Waals surface area contributed by atoms with E-state index < -0.39 is 27.5 Å². The summed E-state index contributed by atoms with van der Waals surface area (Å²) in [7, 11) is -2.95. The van der Waals surface area contributed by atoms with E-state index in [1.807, 2.05) is 0 Å². The molecule has 1 saturated heterocycles. The van der Waals surface area contributed by atoms with Gasteiger partial charge in [0.15, 0.2) is 9.84 Å². The minimum absolute atomic E-state index is 0.0464. The lowest BCUT2D eigenvalue weighted by molar-refractivity contribution is -0.119. The summed E-state index contributed by atoms with van der Waals surface area (Å²) in [6.07, 6.45) is 0.628. The van der Waals surface area contributed by atoms with Crippen LogP contribution >= 0.6 is 11.8 Å². The van der Waals surface area contributed by atoms with Crippen molar-refractivity contribution in [2.75, 3.05) is 17.3 Å². The Labute approximate surface area is 139 Å². The molecule has 0 spiro atoms. The van der Waals surface area contributed by atoms with E-state index in [1.165, 1.54) is 30.0 Å². The molecule has 0 aliphatic carbocycles. The average Bonchev–Trinajstić information content (AvgIpc) is 2.80. The van der Waals surface area contributed by atoms with Crippen molar-refractivity contribution in [2.45, 2.75) is 31.1 Å². The van der Waals surface area contributed by atoms with Gasteiger partial charge in [0.2, 0.25) is 5.91 Å². The van der Waals surface area contributed by atoms with Crippen LogP contribution in [0.5, 0.6) is 0 Å². The third-order valence-electron chi connectivity index (χ3n) is 3.62. The number of amides is 1. The smallest absolute Gasteiger partial charge is 0.230 e. The molecular formula is C15H19F2NO3S2. The van der Waals surface area contributed by atoms with Crippen LogP contribution in [0.4, 0.5) is 8.78 Å². The van der Waals surface area contributed by atoms with Crippen molar-refractivity contribution in [1.29, 1.82) is 0 Å². The number of benzene rings is 1. The molecule has 1 amide bonds. The van der Waals surface area contributed by atoms with E-state index >= 15 is 0 Å². The van der Waals surface area contributed by atoms with Crippen LogP contribution < -0.4 is 5.32 Å². The fourth-order valence-electron chi connectivity index (χ4n) is 2.49. The molecule has 0 unspecified atom stereocenters. The molecule has 8 heteroatoms. The lowest BCUT2D eigenvalue weighted by Crippen LogP contribution is -2.36. The number of rotatable bonds is 6. The zero-order valence-corrected chi connectivity index (χ0v) is 14.4. The van der Waals surface area contributed by atoms with Crippen molar-refractivity contribution in [3.05, 3.63) is 35.4 Å². The molecular weight excluding hydrogens is 344 g/mol. The second-order valence-electron chi connectivity index (χ2n) is 5.71. The van der Waals surface area contributed by atoms with E-state index in [0.717, 1.165) is 0 Å². The SMILES string of the molecule is C[C@H](Cc1c(F)cccc1F)NC(=O)CS[C@H]1CCS(=O)(=O)C1. The van der Waals surface area contributed by atoms with E-state index in [4.69, 9.17) is 0 Å². The Morgan fingerprint density at radius 2 is 2.04 bits per heavy atom. The van der Waals surface area contributed by atoms with Crippen LogP contribution in [0.3, 0.4) is 0 Å². The number of hydrogen-bond donors (Lipinski definition) is 1. The van der Waals surface area contributed by atoms with Gasteiger partial charge in [-0.2, -0.15) is 0 Å². The van der Waals surface area contributed by atoms with Crippen molar-refractivity contribution in [3.63, 3.8) is 0 Å². The van der Waals surface area contributed by atoms with Gasteiger partial charge in [-0.15, -0.1) is 11.8 Å². The number of sulfone groups is 1. The summed E-state index contributed by atoms with van der Waals surface area (Å²) in [5, 5.41) is 2.63. The first-order valence-corrected chi connectivity index (χ1v) is 10.2. The van der Waals surface area contributed by atoms with Crippen molar-refractivity contribution < 1.29 is 22.0 Å². The molecule has 1 aromatic carbocycles. The molecule has 2 rings (SSSR count). The third-order valence-corrected chi connectivity index (χ3v) is 6.90. The monoisotopic (exact) mass is 363 g/mol. The molecule has 23 heavy (non-hydrogen) atoms. The number of carbonyl (C=O) groups is 1. The summed E-state index contributed by atoms with van der Waals surface area (Å²) in [4.78, 5) is 11.9. The summed E-state index contributed by atoms with van der Waals surface area (Å²) in [6.45, 7) is 1.68. The molecule has 0 aromatic heterocycles. The lowest BCUT2D eigenvalue weighted by atomic mass is 10.1. The van der Waals surface area contributed by atoms with Crippen LogP contribution in [0.1, 0.15) is 18.9 Å². The first kappa shape index (κ1) is 18.2. The normalized spacial score (nSPS) is 21.1. The van der Waals surface area contributed by atoms with Crippen LogP contribution in [-0.4, -0.2) is 42.9 Å². The molecule has 128 valence electrons. The number of halogens is 2. The van der Waals surface area contributed by atoms with Crippen molar-refractivity contribution in [3.8, 4) is 0 Å². The molecule has 1 aliphatic heterocycles. The van der Waals surface area contributed by atoms with Gasteiger partial charge in [-0.25, -0.2) is 17.2 Å². The van der Waals surface area contributed by atoms with Gasteiger partial charge in [0.05, 0.1) is 17.3 Å². The van der Waals surface area contributed by atoms with Gasteiger partial charge >= 0.3 is 0 Å². The lowest BCUT2D eigenvalue weighted by Gasteiger charge is -2.15. The van der Waals surface area contributed by atoms with Crippen molar-refractivity contribution >= 4 is 27.5 Å². The van der Waals surface area contributed by atoms with Gasteiger partial charge in [-0.3, -0.25) is 4.79 Å². The fourth-order valence-corrected chi connectivity index (χ4v) is 5.94. The molecule has 0 saturated carbocycles. The minimum Gasteiger partial charge on any atom is -0.353 e. The molecule has 1 N–H and O–H groups in total. The Hall–Kier alpha value is -1.15. The zero-order chi connectivity index (χ0) is 17.0. The van der Waals surface area contributed by atoms with E-state index in [-0.39, 0.29) is 40.4 Å². The van der Waals surface area contributed by atoms with Crippen molar-refractivity contribution in [1.82, 2.24) is 5.32 Å². The van der Waals surface area contributed by atoms with Gasteiger partial charge in [0, 0.05) is 16.9 Å². The summed E-state index contributed by atoms with van der Waals surface area (Å²) in [5.41, 5.74) is -0.0464. The highest BCUT2D eigenvalue weighted by Gasteiger charge is 2.28. The Balaban J connectivity index is 1.79. The highest BCUT2D eigenvalue weighted by Crippen LogP contribution is 2.24. The number of hydrogen-bond acceptors (Lipinski definition) is 4. The second kappa shape index (κ2) is 7.61. The van der Waals surface area contributed by atoms with Crippen LogP contribution in [0.15, 0.2) is 18.2 Å². The standard InChI is InChI=1S/C15H19F2NO3S2/c1-10(7-12-13(16)3-2-4-14(12)17)18-15(19)8-22-11-5-6-23(20,21)9-11/h2-4,10-11H,5-9H2,1H3,(H,18,19)/t10-,11+/m1/s1. The first-order chi connectivity index (χ1) is 10.8. The van der Waals surface area contributed by atoms with Gasteiger partial charge in [-0.1, -0.05) is 6.07 Å². The predicted molar refractivity (Wildman–Crippen MR) is 87.2 cm³/mol. The highest BCUT2D eigenvalue weighted by atomic mass is 32.2. The fraction of sp³-hybridized carbons (Fsp3) is 0.533. The zero-order valence-electron chi connectivity index (χ0n) is 12.7. The molecule has 1 aromatic rings. The third kappa shape index (κ3) is 5.46. The summed E-state index contributed by atoms with van der Waals surface area (Å²) < 4.78 is 49.8. The van der Waals surface area contributed by atoms with E-state index in [2.05, 4.69) is 5.32 Å². The van der Waals surface area contributed by atoms with Crippen LogP contribution in [0.2, 0.25) is 0 Å². The molecule has 1 aliphatic rings. The number of nitrogens with one attached hydrogen (secondary N) is 1. The second-order valence-corrected chi connectivity index (χ2v) is 9.23. The van der Waals surface area contributed by atoms with E-state index in [0.29, 0.717) is 6.42 Å². The largest absolute Gasteiger partial charge is 0.353 e. The number of thioether (sulfide) groups is 1. The van der Waals surface area contributed by atoms with Crippen LogP contribution in [0, 0.1) is 11.6 Å². The van der Waals surface area contributed by atoms with Crippen LogP contribution in [-0.2, 0) is 21.1 Å². The molecule has 1 heterocycles. The highest BCUT2D eigenvalue weighted by molar-refractivity contribution is 8.02. The maximum atomic E-state index is 13.6. The predicted octanol–water partition coefficient (Wildman–Crippen LogP) is 1.93. The quantitative estimate of drug-likeness (QED) is 0.839. The van der Waals surface area contributed by atoms with E-state index in [9.17, 15) is 22.0 Å². The minimum atomic E-state index is -2.95. The van der Waals surface area contributed by atoms with Crippen LogP contribution in [0.25, 0.3) is 0 Å². The van der Waals surface area contributed by atoms with Crippen molar-refractivity contribution in [2.24, 2.45) is 0 Å². The summed E-state index contributed by atoms with van der Waals surface area (Å²) in [6, 6.07) is 3.25. The Morgan fingerprint density at radius 3 is 2.61 bits per heavy atom. The Kier molecular flexibility index (Phi) is 6.02. The van der Waals surface area contributed by atoms with Gasteiger partial charge in [0.1, 0.15) is 11.6 Å². The van der Waals surface area contributed by atoms with Gasteiger partial charge < -0.3 is 5.32 Å². The molecule has 0 bridgehead atoms. The van der Waals surface area contributed by atoms with E-state index in [1.54, 1.807) is 6.92 Å². The molecule has 4 nitrogen and oxygen atoms in total. The van der Waals surface area contributed by atoms with Gasteiger partial charge in [0.25, 0.3) is 0 Å². The molecule has 2 atom stereocenters. The Bertz CT molecular complexity index is 659. The average molecular weight is 363 g/mol. The maximum Gasteiger partial charge on any atom is 0.230 e. The molecule has 1 fully saturated rings. The molecule has 0 radical (unpaired) electrons. The Morgan fingerprint density at radius 1 is 1.39 bits per heavy atom. The number of carbonyl (C=O) groups excluding carboxylic acids is 1.